The first-order valence-corrected chi connectivity index (χ1v) is 7.29. The molecule has 0 bridgehead atoms. The third kappa shape index (κ3) is 5.58. The van der Waals surface area contributed by atoms with Gasteiger partial charge in [0.05, 0.1) is 10.7 Å². The number of guanidine groups is 1. The number of hydrogen-bond donors (Lipinski definition) is 3. The largest absolute Gasteiger partial charge is 0.386 e. The SMILES string of the molecule is Cc1nc(C(N=C(N)N)SCCC(N)=NC#N)cs1. The van der Waals surface area contributed by atoms with E-state index < -0.39 is 0 Å². The van der Waals surface area contributed by atoms with E-state index in [0.717, 1.165) is 10.7 Å². The fourth-order valence-electron chi connectivity index (χ4n) is 1.21. The van der Waals surface area contributed by atoms with Crippen molar-refractivity contribution in [2.24, 2.45) is 27.2 Å². The van der Waals surface area contributed by atoms with Gasteiger partial charge in [-0.15, -0.1) is 23.1 Å². The minimum Gasteiger partial charge on any atom is -0.386 e. The van der Waals surface area contributed by atoms with E-state index in [4.69, 9.17) is 22.5 Å². The van der Waals surface area contributed by atoms with Crippen molar-refractivity contribution in [1.82, 2.24) is 4.98 Å². The lowest BCUT2D eigenvalue weighted by Gasteiger charge is -2.09. The summed E-state index contributed by atoms with van der Waals surface area (Å²) in [5.41, 5.74) is 17.2. The summed E-state index contributed by atoms with van der Waals surface area (Å²) in [6.07, 6.45) is 2.15. The van der Waals surface area contributed by atoms with Gasteiger partial charge in [-0.05, 0) is 6.92 Å². The van der Waals surface area contributed by atoms with Crippen LogP contribution in [0.5, 0.6) is 0 Å². The normalized spacial score (nSPS) is 12.7. The molecule has 0 amide bonds. The van der Waals surface area contributed by atoms with Gasteiger partial charge in [-0.1, -0.05) is 0 Å². The second-order valence-corrected chi connectivity index (χ2v) is 5.77. The number of aryl methyl sites for hydroxylation is 1. The van der Waals surface area contributed by atoms with Crippen LogP contribution < -0.4 is 17.2 Å². The van der Waals surface area contributed by atoms with Gasteiger partial charge in [0, 0.05) is 17.6 Å². The summed E-state index contributed by atoms with van der Waals surface area (Å²) in [5.74, 6) is 0.962. The fourth-order valence-corrected chi connectivity index (χ4v) is 2.97. The highest BCUT2D eigenvalue weighted by Gasteiger charge is 2.14. The van der Waals surface area contributed by atoms with Gasteiger partial charge >= 0.3 is 0 Å². The summed E-state index contributed by atoms with van der Waals surface area (Å²) in [4.78, 5) is 11.9. The number of rotatable bonds is 6. The smallest absolute Gasteiger partial charge is 0.207 e. The Kier molecular flexibility index (Phi) is 6.11. The Morgan fingerprint density at radius 2 is 2.32 bits per heavy atom. The van der Waals surface area contributed by atoms with Crippen LogP contribution in [-0.4, -0.2) is 22.5 Å². The van der Waals surface area contributed by atoms with Gasteiger partial charge in [0.1, 0.15) is 11.2 Å². The van der Waals surface area contributed by atoms with Crippen LogP contribution in [0.1, 0.15) is 22.5 Å². The quantitative estimate of drug-likeness (QED) is 0.401. The van der Waals surface area contributed by atoms with Gasteiger partial charge in [-0.2, -0.15) is 10.3 Å². The van der Waals surface area contributed by atoms with Crippen LogP contribution in [-0.2, 0) is 0 Å². The summed E-state index contributed by atoms with van der Waals surface area (Å²) in [7, 11) is 0. The van der Waals surface area contributed by atoms with E-state index in [1.54, 1.807) is 17.5 Å². The summed E-state index contributed by atoms with van der Waals surface area (Å²) in [6, 6.07) is 0. The standard InChI is InChI=1S/C10H15N7S2/c1-6-16-7(4-19-6)9(17-10(13)14)18-3-2-8(12)15-5-11/h4,9H,2-3H2,1H3,(H2,12,15)(H4,13,14,17). The molecule has 7 nitrogen and oxygen atoms in total. The van der Waals surface area contributed by atoms with Crippen LogP contribution in [0.25, 0.3) is 0 Å². The van der Waals surface area contributed by atoms with Crippen LogP contribution in [0.4, 0.5) is 0 Å². The van der Waals surface area contributed by atoms with Crippen molar-refractivity contribution in [3.05, 3.63) is 16.1 Å². The molecule has 6 N–H and O–H groups in total. The van der Waals surface area contributed by atoms with Crippen LogP contribution in [0.3, 0.4) is 0 Å². The number of hydrogen-bond acceptors (Lipinski definition) is 6. The van der Waals surface area contributed by atoms with E-state index in [1.165, 1.54) is 11.8 Å². The third-order valence-corrected chi connectivity index (χ3v) is 3.88. The Balaban J connectivity index is 2.65. The molecule has 0 aromatic carbocycles. The molecule has 0 saturated carbocycles. The maximum absolute atomic E-state index is 8.36. The predicted octanol–water partition coefficient (Wildman–Crippen LogP) is 0.685. The van der Waals surface area contributed by atoms with Gasteiger partial charge in [0.2, 0.25) is 6.19 Å². The fraction of sp³-hybridized carbons (Fsp3) is 0.400. The molecule has 1 unspecified atom stereocenters. The van der Waals surface area contributed by atoms with Crippen molar-refractivity contribution >= 4 is 34.9 Å². The van der Waals surface area contributed by atoms with Gasteiger partial charge in [-0.25, -0.2) is 9.98 Å². The van der Waals surface area contributed by atoms with E-state index in [2.05, 4.69) is 15.0 Å². The molecule has 1 heterocycles. The summed E-state index contributed by atoms with van der Waals surface area (Å²) in [6.45, 7) is 1.92. The molecule has 19 heavy (non-hydrogen) atoms. The molecule has 0 saturated heterocycles. The Morgan fingerprint density at radius 1 is 1.58 bits per heavy atom. The van der Waals surface area contributed by atoms with Crippen LogP contribution in [0.15, 0.2) is 15.4 Å². The molecule has 0 spiro atoms. The highest BCUT2D eigenvalue weighted by Crippen LogP contribution is 2.31. The van der Waals surface area contributed by atoms with Crippen molar-refractivity contribution in [2.45, 2.75) is 18.7 Å². The molecular formula is C10H15N7S2. The van der Waals surface area contributed by atoms with Gasteiger partial charge < -0.3 is 17.2 Å². The number of nitrogens with zero attached hydrogens (tertiary/aromatic N) is 4. The number of nitrogens with two attached hydrogens (primary N) is 3. The Labute approximate surface area is 119 Å². The summed E-state index contributed by atoms with van der Waals surface area (Å²) in [5, 5.41) is 11.0. The molecule has 0 fully saturated rings. The molecule has 0 aliphatic rings. The van der Waals surface area contributed by atoms with E-state index in [9.17, 15) is 0 Å². The molecule has 9 heteroatoms. The van der Waals surface area contributed by atoms with Crippen LogP contribution in [0.2, 0.25) is 0 Å². The molecule has 1 aromatic heterocycles. The Morgan fingerprint density at radius 3 is 2.84 bits per heavy atom. The lowest BCUT2D eigenvalue weighted by molar-refractivity contribution is 0.960. The monoisotopic (exact) mass is 297 g/mol. The van der Waals surface area contributed by atoms with Gasteiger partial charge in [0.15, 0.2) is 5.96 Å². The third-order valence-electron chi connectivity index (χ3n) is 1.98. The highest BCUT2D eigenvalue weighted by atomic mass is 32.2. The zero-order chi connectivity index (χ0) is 14.3. The second-order valence-electron chi connectivity index (χ2n) is 3.52. The van der Waals surface area contributed by atoms with Crippen molar-refractivity contribution in [3.63, 3.8) is 0 Å². The maximum Gasteiger partial charge on any atom is 0.207 e. The minimum absolute atomic E-state index is 0.0156. The number of thioether (sulfide) groups is 1. The average molecular weight is 297 g/mol. The first-order valence-electron chi connectivity index (χ1n) is 5.36. The summed E-state index contributed by atoms with van der Waals surface area (Å²) >= 11 is 3.04. The van der Waals surface area contributed by atoms with Crippen molar-refractivity contribution in [3.8, 4) is 6.19 Å². The molecule has 1 atom stereocenters. The Hall–Kier alpha value is -1.79. The number of nitriles is 1. The molecule has 0 aliphatic carbocycles. The number of thiazole rings is 1. The van der Waals surface area contributed by atoms with E-state index >= 15 is 0 Å². The summed E-state index contributed by atoms with van der Waals surface area (Å²) < 4.78 is 0. The highest BCUT2D eigenvalue weighted by molar-refractivity contribution is 7.99. The molecule has 0 radical (unpaired) electrons. The zero-order valence-electron chi connectivity index (χ0n) is 10.4. The maximum atomic E-state index is 8.36. The molecular weight excluding hydrogens is 282 g/mol. The number of aliphatic imine (C=N–C) groups is 2. The van der Waals surface area contributed by atoms with Gasteiger partial charge in [-0.3, -0.25) is 0 Å². The lowest BCUT2D eigenvalue weighted by Crippen LogP contribution is -2.23. The Bertz CT molecular complexity index is 510. The lowest BCUT2D eigenvalue weighted by atomic mass is 10.4. The first-order chi connectivity index (χ1) is 9.02. The molecule has 0 aliphatic heterocycles. The molecule has 102 valence electrons. The van der Waals surface area contributed by atoms with E-state index in [1.807, 2.05) is 12.3 Å². The van der Waals surface area contributed by atoms with E-state index in [0.29, 0.717) is 18.0 Å². The topological polar surface area (TPSA) is 139 Å². The molecule has 1 aromatic rings. The molecule has 1 rings (SSSR count). The van der Waals surface area contributed by atoms with Crippen molar-refractivity contribution in [1.29, 1.82) is 5.26 Å². The second kappa shape index (κ2) is 7.60. The zero-order valence-corrected chi connectivity index (χ0v) is 12.0. The number of aromatic nitrogens is 1. The predicted molar refractivity (Wildman–Crippen MR) is 79.7 cm³/mol. The van der Waals surface area contributed by atoms with Crippen molar-refractivity contribution in [2.75, 3.05) is 5.75 Å². The van der Waals surface area contributed by atoms with Gasteiger partial charge in [0.25, 0.3) is 0 Å². The average Bonchev–Trinajstić information content (AvgIpc) is 2.74. The van der Waals surface area contributed by atoms with Crippen LogP contribution >= 0.6 is 23.1 Å². The first kappa shape index (κ1) is 15.3. The van der Waals surface area contributed by atoms with Crippen molar-refractivity contribution < 1.29 is 0 Å². The van der Waals surface area contributed by atoms with E-state index in [-0.39, 0.29) is 11.3 Å². The van der Waals surface area contributed by atoms with Crippen LogP contribution in [0, 0.1) is 18.4 Å². The number of amidine groups is 1. The minimum atomic E-state index is -0.259.